The summed E-state index contributed by atoms with van der Waals surface area (Å²) in [4.78, 5) is 22.1. The van der Waals surface area contributed by atoms with Crippen molar-refractivity contribution >= 4 is 44.5 Å². The number of hydrogen-bond acceptors (Lipinski definition) is 5. The number of non-ortho nitro benzene ring substituents is 1. The van der Waals surface area contributed by atoms with E-state index >= 15 is 0 Å². The van der Waals surface area contributed by atoms with Gasteiger partial charge in [0.25, 0.3) is 11.6 Å². The van der Waals surface area contributed by atoms with E-state index in [1.165, 1.54) is 18.3 Å². The molecule has 0 aliphatic heterocycles. The molecular formula is C19H14BrN3O4. The molecule has 7 nitrogen and oxygen atoms in total. The Morgan fingerprint density at radius 2 is 2.00 bits per heavy atom. The molecule has 27 heavy (non-hydrogen) atoms. The maximum atomic E-state index is 11.9. The van der Waals surface area contributed by atoms with Crippen molar-refractivity contribution in [1.29, 1.82) is 0 Å². The zero-order valence-corrected chi connectivity index (χ0v) is 15.5. The van der Waals surface area contributed by atoms with Crippen molar-refractivity contribution in [2.24, 2.45) is 5.10 Å². The molecule has 0 heterocycles. The number of fused-ring (bicyclic) bond motifs is 1. The van der Waals surface area contributed by atoms with Crippen LogP contribution in [0, 0.1) is 10.1 Å². The van der Waals surface area contributed by atoms with Crippen LogP contribution in [-0.2, 0) is 4.79 Å². The summed E-state index contributed by atoms with van der Waals surface area (Å²) >= 11 is 3.49. The number of ether oxygens (including phenoxy) is 1. The third kappa shape index (κ3) is 4.68. The van der Waals surface area contributed by atoms with E-state index in [1.54, 1.807) is 18.2 Å². The molecule has 0 radical (unpaired) electrons. The molecule has 8 heteroatoms. The topological polar surface area (TPSA) is 93.8 Å². The molecule has 0 fully saturated rings. The van der Waals surface area contributed by atoms with Crippen LogP contribution < -0.4 is 10.2 Å². The van der Waals surface area contributed by atoms with Gasteiger partial charge in [-0.15, -0.1) is 0 Å². The highest BCUT2D eigenvalue weighted by atomic mass is 79.9. The van der Waals surface area contributed by atoms with Gasteiger partial charge in [0.05, 0.1) is 15.6 Å². The van der Waals surface area contributed by atoms with Crippen molar-refractivity contribution < 1.29 is 14.5 Å². The number of hydrogen-bond donors (Lipinski definition) is 1. The molecule has 0 saturated carbocycles. The fourth-order valence-electron chi connectivity index (χ4n) is 2.40. The molecule has 0 aliphatic carbocycles. The Balaban J connectivity index is 1.58. The van der Waals surface area contributed by atoms with Crippen LogP contribution in [0.5, 0.6) is 5.75 Å². The van der Waals surface area contributed by atoms with Gasteiger partial charge in [-0.05, 0) is 32.8 Å². The Morgan fingerprint density at radius 1 is 1.19 bits per heavy atom. The summed E-state index contributed by atoms with van der Waals surface area (Å²) in [6.45, 7) is -0.219. The van der Waals surface area contributed by atoms with E-state index < -0.39 is 10.8 Å². The van der Waals surface area contributed by atoms with Crippen molar-refractivity contribution in [3.05, 3.63) is 80.8 Å². The third-order valence-corrected chi connectivity index (χ3v) is 4.49. The number of nitro benzene ring substituents is 1. The first kappa shape index (κ1) is 18.5. The van der Waals surface area contributed by atoms with Gasteiger partial charge in [-0.3, -0.25) is 14.9 Å². The molecule has 0 aliphatic rings. The Labute approximate surface area is 162 Å². The molecule has 3 aromatic carbocycles. The number of rotatable bonds is 6. The van der Waals surface area contributed by atoms with Crippen molar-refractivity contribution in [2.75, 3.05) is 6.61 Å². The molecular weight excluding hydrogens is 414 g/mol. The molecule has 1 N–H and O–H groups in total. The van der Waals surface area contributed by atoms with E-state index in [0.717, 1.165) is 15.2 Å². The summed E-state index contributed by atoms with van der Waals surface area (Å²) in [5, 5.41) is 16.6. The molecule has 0 aromatic heterocycles. The first-order valence-electron chi connectivity index (χ1n) is 7.91. The number of nitro groups is 1. The largest absolute Gasteiger partial charge is 0.483 e. The number of halogens is 1. The molecule has 0 saturated heterocycles. The first-order valence-corrected chi connectivity index (χ1v) is 8.70. The van der Waals surface area contributed by atoms with Gasteiger partial charge in [0.15, 0.2) is 6.61 Å². The fraction of sp³-hybridized carbons (Fsp3) is 0.0526. The van der Waals surface area contributed by atoms with Crippen LogP contribution >= 0.6 is 15.9 Å². The first-order chi connectivity index (χ1) is 13.0. The van der Waals surface area contributed by atoms with E-state index in [0.29, 0.717) is 11.3 Å². The van der Waals surface area contributed by atoms with Crippen LogP contribution in [0.4, 0.5) is 5.69 Å². The lowest BCUT2D eigenvalue weighted by molar-refractivity contribution is -0.384. The zero-order chi connectivity index (χ0) is 19.2. The molecule has 3 rings (SSSR count). The number of nitrogens with one attached hydrogen (secondary N) is 1. The second-order valence-corrected chi connectivity index (χ2v) is 6.33. The Kier molecular flexibility index (Phi) is 5.77. The lowest BCUT2D eigenvalue weighted by Crippen LogP contribution is -2.24. The lowest BCUT2D eigenvalue weighted by atomic mass is 10.1. The summed E-state index contributed by atoms with van der Waals surface area (Å²) in [6, 6.07) is 17.4. The van der Waals surface area contributed by atoms with Gasteiger partial charge in [0.1, 0.15) is 5.75 Å². The second kappa shape index (κ2) is 8.41. The van der Waals surface area contributed by atoms with Crippen molar-refractivity contribution in [3.63, 3.8) is 0 Å². The van der Waals surface area contributed by atoms with Crippen LogP contribution in [0.1, 0.15) is 5.56 Å². The van der Waals surface area contributed by atoms with E-state index in [2.05, 4.69) is 26.5 Å². The van der Waals surface area contributed by atoms with Gasteiger partial charge in [-0.1, -0.05) is 42.5 Å². The van der Waals surface area contributed by atoms with E-state index in [9.17, 15) is 14.9 Å². The molecule has 136 valence electrons. The zero-order valence-electron chi connectivity index (χ0n) is 14.0. The third-order valence-electron chi connectivity index (χ3n) is 3.67. The van der Waals surface area contributed by atoms with Gasteiger partial charge < -0.3 is 4.74 Å². The minimum atomic E-state index is -0.495. The Hall–Kier alpha value is -3.26. The number of amides is 1. The van der Waals surface area contributed by atoms with Gasteiger partial charge in [-0.25, -0.2) is 5.43 Å². The highest BCUT2D eigenvalue weighted by Crippen LogP contribution is 2.32. The average molecular weight is 428 g/mol. The monoisotopic (exact) mass is 427 g/mol. The molecule has 0 unspecified atom stereocenters. The van der Waals surface area contributed by atoms with Crippen LogP contribution in [0.3, 0.4) is 0 Å². The normalized spacial score (nSPS) is 10.9. The maximum absolute atomic E-state index is 11.9. The predicted octanol–water partition coefficient (Wildman–Crippen LogP) is 4.04. The summed E-state index contributed by atoms with van der Waals surface area (Å²) in [7, 11) is 0. The van der Waals surface area contributed by atoms with Crippen molar-refractivity contribution in [2.45, 2.75) is 0 Å². The minimum Gasteiger partial charge on any atom is -0.483 e. The smallest absolute Gasteiger partial charge is 0.277 e. The summed E-state index contributed by atoms with van der Waals surface area (Å²) in [6.07, 6.45) is 1.33. The number of benzene rings is 3. The van der Waals surface area contributed by atoms with E-state index in [-0.39, 0.29) is 12.3 Å². The molecule has 3 aromatic rings. The number of carbonyl (C=O) groups is 1. The highest BCUT2D eigenvalue weighted by Gasteiger charge is 2.08. The van der Waals surface area contributed by atoms with Gasteiger partial charge >= 0.3 is 0 Å². The van der Waals surface area contributed by atoms with Crippen molar-refractivity contribution in [3.8, 4) is 5.75 Å². The fourth-order valence-corrected chi connectivity index (χ4v) is 3.01. The minimum absolute atomic E-state index is 0.0465. The summed E-state index contributed by atoms with van der Waals surface area (Å²) < 4.78 is 6.31. The van der Waals surface area contributed by atoms with Crippen LogP contribution in [0.15, 0.2) is 70.2 Å². The molecule has 1 amide bonds. The van der Waals surface area contributed by atoms with Crippen LogP contribution in [-0.4, -0.2) is 23.7 Å². The number of carbonyl (C=O) groups excluding carboxylic acids is 1. The SMILES string of the molecule is O=C(COc1ccc2ccccc2c1Br)N/N=C\c1cccc([N+](=O)[O-])c1. The summed E-state index contributed by atoms with van der Waals surface area (Å²) in [5.74, 6) is 0.100. The highest BCUT2D eigenvalue weighted by molar-refractivity contribution is 9.10. The van der Waals surface area contributed by atoms with Crippen LogP contribution in [0.2, 0.25) is 0 Å². The van der Waals surface area contributed by atoms with Gasteiger partial charge in [0.2, 0.25) is 0 Å². The van der Waals surface area contributed by atoms with E-state index in [1.807, 2.05) is 30.3 Å². The molecule has 0 atom stereocenters. The van der Waals surface area contributed by atoms with E-state index in [4.69, 9.17) is 4.74 Å². The Bertz CT molecular complexity index is 1040. The molecule has 0 spiro atoms. The number of hydrazone groups is 1. The predicted molar refractivity (Wildman–Crippen MR) is 106 cm³/mol. The molecule has 0 bridgehead atoms. The average Bonchev–Trinajstić information content (AvgIpc) is 2.68. The standard InChI is InChI=1S/C19H14BrN3O4/c20-19-16-7-2-1-5-14(16)8-9-17(19)27-12-18(24)22-21-11-13-4-3-6-15(10-13)23(25)26/h1-11H,12H2,(H,22,24)/b21-11-. The van der Waals surface area contributed by atoms with Gasteiger partial charge in [0, 0.05) is 17.7 Å². The Morgan fingerprint density at radius 3 is 2.81 bits per heavy atom. The number of nitrogens with zero attached hydrogens (tertiary/aromatic N) is 2. The summed E-state index contributed by atoms with van der Waals surface area (Å²) in [5.41, 5.74) is 2.78. The van der Waals surface area contributed by atoms with Crippen LogP contribution in [0.25, 0.3) is 10.8 Å². The maximum Gasteiger partial charge on any atom is 0.277 e. The second-order valence-electron chi connectivity index (χ2n) is 5.53. The quantitative estimate of drug-likeness (QED) is 0.364. The van der Waals surface area contributed by atoms with Gasteiger partial charge in [-0.2, -0.15) is 5.10 Å². The van der Waals surface area contributed by atoms with Crippen molar-refractivity contribution in [1.82, 2.24) is 5.43 Å². The lowest BCUT2D eigenvalue weighted by Gasteiger charge is -2.09.